The number of rotatable bonds is 6. The Labute approximate surface area is 126 Å². The molecule has 0 spiro atoms. The molecular weight excluding hydrogens is 274 g/mol. The molecule has 2 atom stereocenters. The second kappa shape index (κ2) is 6.73. The second-order valence-electron chi connectivity index (χ2n) is 6.54. The van der Waals surface area contributed by atoms with Gasteiger partial charge in [0.05, 0.1) is 11.5 Å². The molecule has 0 saturated carbocycles. The fourth-order valence-corrected chi connectivity index (χ4v) is 2.39. The van der Waals surface area contributed by atoms with Crippen LogP contribution in [0, 0.1) is 5.92 Å². The van der Waals surface area contributed by atoms with Crippen molar-refractivity contribution in [2.75, 3.05) is 0 Å². The zero-order chi connectivity index (χ0) is 16.3. The molecule has 2 unspecified atom stereocenters. The fourth-order valence-electron chi connectivity index (χ4n) is 2.39. The van der Waals surface area contributed by atoms with Crippen molar-refractivity contribution in [3.63, 3.8) is 0 Å². The van der Waals surface area contributed by atoms with Crippen LogP contribution in [0.25, 0.3) is 0 Å². The normalized spacial score (nSPS) is 16.6. The summed E-state index contributed by atoms with van der Waals surface area (Å²) in [6.45, 7) is 9.08. The first kappa shape index (κ1) is 17.9. The van der Waals surface area contributed by atoms with Crippen LogP contribution in [0.1, 0.15) is 53.0 Å². The van der Waals surface area contributed by atoms with Crippen molar-refractivity contribution in [1.29, 1.82) is 0 Å². The van der Waals surface area contributed by atoms with Crippen LogP contribution >= 0.6 is 0 Å². The molecule has 0 fully saturated rings. The summed E-state index contributed by atoms with van der Waals surface area (Å²) >= 11 is 0. The number of halogens is 2. The Hall–Kier alpha value is -1.16. The Balaban J connectivity index is 3.05. The minimum Gasteiger partial charge on any atom is -0.488 e. The Morgan fingerprint density at radius 2 is 1.67 bits per heavy atom. The molecule has 0 radical (unpaired) electrons. The number of aliphatic hydroxyl groups is 1. The molecule has 0 aliphatic carbocycles. The molecular formula is C17H26F2O2. The molecule has 1 rings (SSSR count). The maximum absolute atomic E-state index is 13.0. The molecule has 0 saturated heterocycles. The number of benzene rings is 1. The van der Waals surface area contributed by atoms with E-state index in [0.717, 1.165) is 0 Å². The lowest BCUT2D eigenvalue weighted by Crippen LogP contribution is -2.37. The van der Waals surface area contributed by atoms with Gasteiger partial charge < -0.3 is 9.84 Å². The highest BCUT2D eigenvalue weighted by Gasteiger charge is 2.40. The van der Waals surface area contributed by atoms with Gasteiger partial charge in [0, 0.05) is 0 Å². The third-order valence-electron chi connectivity index (χ3n) is 3.54. The van der Waals surface area contributed by atoms with Gasteiger partial charge in [-0.2, -0.15) is 0 Å². The molecule has 120 valence electrons. The lowest BCUT2D eigenvalue weighted by Gasteiger charge is -2.34. The predicted octanol–water partition coefficient (Wildman–Crippen LogP) is 4.75. The highest BCUT2D eigenvalue weighted by atomic mass is 19.3. The van der Waals surface area contributed by atoms with Gasteiger partial charge in [-0.3, -0.25) is 0 Å². The molecule has 0 amide bonds. The number of alkyl halides is 2. The summed E-state index contributed by atoms with van der Waals surface area (Å²) in [6, 6.07) is 6.80. The third-order valence-corrected chi connectivity index (χ3v) is 3.54. The Bertz CT molecular complexity index is 437. The summed E-state index contributed by atoms with van der Waals surface area (Å²) in [4.78, 5) is 0. The second-order valence-corrected chi connectivity index (χ2v) is 6.54. The number of ether oxygens (including phenoxy) is 1. The van der Waals surface area contributed by atoms with E-state index >= 15 is 0 Å². The molecule has 4 heteroatoms. The van der Waals surface area contributed by atoms with Crippen LogP contribution in [-0.2, 0) is 5.60 Å². The zero-order valence-electron chi connectivity index (χ0n) is 13.5. The van der Waals surface area contributed by atoms with E-state index in [4.69, 9.17) is 4.74 Å². The van der Waals surface area contributed by atoms with Crippen molar-refractivity contribution in [3.05, 3.63) is 29.8 Å². The van der Waals surface area contributed by atoms with Gasteiger partial charge in [-0.05, 0) is 44.9 Å². The zero-order valence-corrected chi connectivity index (χ0v) is 13.5. The van der Waals surface area contributed by atoms with Crippen molar-refractivity contribution in [2.24, 2.45) is 5.92 Å². The van der Waals surface area contributed by atoms with Gasteiger partial charge >= 0.3 is 0 Å². The first-order valence-corrected chi connectivity index (χ1v) is 7.40. The SMILES string of the molecule is CCCC(O)(c1ccc(OC(C)(C)C)cc1)C(C)C(F)F. The van der Waals surface area contributed by atoms with E-state index in [0.29, 0.717) is 24.2 Å². The van der Waals surface area contributed by atoms with Gasteiger partial charge in [0.15, 0.2) is 0 Å². The molecule has 1 N–H and O–H groups in total. The molecule has 0 aromatic heterocycles. The molecule has 0 heterocycles. The van der Waals surface area contributed by atoms with Crippen molar-refractivity contribution in [2.45, 2.75) is 65.1 Å². The topological polar surface area (TPSA) is 29.5 Å². The average Bonchev–Trinajstić information content (AvgIpc) is 2.36. The van der Waals surface area contributed by atoms with E-state index < -0.39 is 17.9 Å². The Morgan fingerprint density at radius 3 is 2.05 bits per heavy atom. The van der Waals surface area contributed by atoms with E-state index in [-0.39, 0.29) is 5.60 Å². The molecule has 0 bridgehead atoms. The quantitative estimate of drug-likeness (QED) is 0.821. The molecule has 0 aliphatic heterocycles. The smallest absolute Gasteiger partial charge is 0.244 e. The highest BCUT2D eigenvalue weighted by Crippen LogP contribution is 2.38. The molecule has 21 heavy (non-hydrogen) atoms. The first-order valence-electron chi connectivity index (χ1n) is 7.40. The van der Waals surface area contributed by atoms with Crippen molar-refractivity contribution >= 4 is 0 Å². The van der Waals surface area contributed by atoms with Crippen LogP contribution in [0.3, 0.4) is 0 Å². The van der Waals surface area contributed by atoms with E-state index in [1.54, 1.807) is 24.3 Å². The maximum Gasteiger partial charge on any atom is 0.244 e. The van der Waals surface area contributed by atoms with Crippen LogP contribution in [0.15, 0.2) is 24.3 Å². The average molecular weight is 300 g/mol. The summed E-state index contributed by atoms with van der Waals surface area (Å²) < 4.78 is 31.8. The molecule has 2 nitrogen and oxygen atoms in total. The van der Waals surface area contributed by atoms with Crippen molar-refractivity contribution < 1.29 is 18.6 Å². The predicted molar refractivity (Wildman–Crippen MR) is 80.8 cm³/mol. The van der Waals surface area contributed by atoms with Crippen LogP contribution in [0.5, 0.6) is 5.75 Å². The monoisotopic (exact) mass is 300 g/mol. The van der Waals surface area contributed by atoms with Crippen LogP contribution in [-0.4, -0.2) is 17.1 Å². The summed E-state index contributed by atoms with van der Waals surface area (Å²) in [5.41, 5.74) is -1.32. The lowest BCUT2D eigenvalue weighted by atomic mass is 9.79. The van der Waals surface area contributed by atoms with Gasteiger partial charge in [-0.25, -0.2) is 8.78 Å². The minimum atomic E-state index is -2.56. The van der Waals surface area contributed by atoms with Gasteiger partial charge in [0.2, 0.25) is 6.43 Å². The Morgan fingerprint density at radius 1 is 1.14 bits per heavy atom. The molecule has 1 aromatic carbocycles. The number of hydrogen-bond donors (Lipinski definition) is 1. The minimum absolute atomic E-state index is 0.304. The number of hydrogen-bond acceptors (Lipinski definition) is 2. The third kappa shape index (κ3) is 4.67. The summed E-state index contributed by atoms with van der Waals surface area (Å²) in [5.74, 6) is -0.457. The van der Waals surface area contributed by atoms with Gasteiger partial charge in [0.1, 0.15) is 11.4 Å². The van der Waals surface area contributed by atoms with Crippen molar-refractivity contribution in [1.82, 2.24) is 0 Å². The van der Waals surface area contributed by atoms with Gasteiger partial charge in [-0.15, -0.1) is 0 Å². The highest BCUT2D eigenvalue weighted by molar-refractivity contribution is 5.32. The lowest BCUT2D eigenvalue weighted by molar-refractivity contribution is -0.0879. The van der Waals surface area contributed by atoms with Gasteiger partial charge in [-0.1, -0.05) is 32.4 Å². The van der Waals surface area contributed by atoms with E-state index in [2.05, 4.69) is 0 Å². The standard InChI is InChI=1S/C17H26F2O2/c1-6-11-17(20,12(2)15(18)19)13-7-9-14(10-8-13)21-16(3,4)5/h7-10,12,15,20H,6,11H2,1-5H3. The molecule has 1 aromatic rings. The summed E-state index contributed by atoms with van der Waals surface area (Å²) in [6.07, 6.45) is -1.63. The van der Waals surface area contributed by atoms with E-state index in [1.165, 1.54) is 6.92 Å². The first-order chi connectivity index (χ1) is 9.60. The van der Waals surface area contributed by atoms with E-state index in [9.17, 15) is 13.9 Å². The van der Waals surface area contributed by atoms with Gasteiger partial charge in [0.25, 0.3) is 0 Å². The van der Waals surface area contributed by atoms with Crippen LogP contribution in [0.4, 0.5) is 8.78 Å². The van der Waals surface area contributed by atoms with E-state index in [1.807, 2.05) is 27.7 Å². The summed E-state index contributed by atoms with van der Waals surface area (Å²) in [5, 5.41) is 10.7. The maximum atomic E-state index is 13.0. The van der Waals surface area contributed by atoms with Crippen molar-refractivity contribution in [3.8, 4) is 5.75 Å². The summed E-state index contributed by atoms with van der Waals surface area (Å²) in [7, 11) is 0. The largest absolute Gasteiger partial charge is 0.488 e. The van der Waals surface area contributed by atoms with Crippen LogP contribution < -0.4 is 4.74 Å². The fraction of sp³-hybridized carbons (Fsp3) is 0.647. The Kier molecular flexibility index (Phi) is 5.74. The van der Waals surface area contributed by atoms with Crippen LogP contribution in [0.2, 0.25) is 0 Å². The molecule has 0 aliphatic rings.